The summed E-state index contributed by atoms with van der Waals surface area (Å²) < 4.78 is 10.6. The molecule has 6 heteroatoms. The summed E-state index contributed by atoms with van der Waals surface area (Å²) in [5, 5.41) is 2.59. The van der Waals surface area contributed by atoms with E-state index < -0.39 is 18.5 Å². The van der Waals surface area contributed by atoms with E-state index in [2.05, 4.69) is 12.2 Å². The molecule has 27 heavy (non-hydrogen) atoms. The highest BCUT2D eigenvalue weighted by molar-refractivity contribution is 5.98. The Bertz CT molecular complexity index is 798. The van der Waals surface area contributed by atoms with Gasteiger partial charge in [0.1, 0.15) is 5.75 Å². The molecule has 0 heterocycles. The maximum absolute atomic E-state index is 12.0. The van der Waals surface area contributed by atoms with Gasteiger partial charge in [-0.15, -0.1) is 0 Å². The number of rotatable bonds is 9. The zero-order valence-corrected chi connectivity index (χ0v) is 15.5. The molecule has 0 saturated carbocycles. The molecular weight excluding hydrogens is 346 g/mol. The number of nitrogens with one attached hydrogen (secondary N) is 1. The molecule has 0 aliphatic rings. The van der Waals surface area contributed by atoms with Crippen LogP contribution in [0.2, 0.25) is 0 Å². The predicted octanol–water partition coefficient (Wildman–Crippen LogP) is 3.86. The molecule has 1 N–H and O–H groups in total. The van der Waals surface area contributed by atoms with E-state index in [1.54, 1.807) is 48.5 Å². The lowest BCUT2D eigenvalue weighted by Crippen LogP contribution is -2.21. The van der Waals surface area contributed by atoms with Gasteiger partial charge >= 0.3 is 5.97 Å². The van der Waals surface area contributed by atoms with Crippen molar-refractivity contribution in [2.75, 3.05) is 18.5 Å². The minimum absolute atomic E-state index is 0.0975. The van der Waals surface area contributed by atoms with Crippen LogP contribution in [0.15, 0.2) is 48.5 Å². The lowest BCUT2D eigenvalue weighted by Gasteiger charge is -2.08. The number of ether oxygens (including phenoxy) is 2. The van der Waals surface area contributed by atoms with Crippen LogP contribution in [-0.4, -0.2) is 30.9 Å². The van der Waals surface area contributed by atoms with Crippen LogP contribution in [0.1, 0.15) is 47.4 Å². The van der Waals surface area contributed by atoms with Crippen molar-refractivity contribution < 1.29 is 23.9 Å². The highest BCUT2D eigenvalue weighted by Gasteiger charge is 2.11. The molecule has 0 aliphatic carbocycles. The lowest BCUT2D eigenvalue weighted by atomic mass is 10.1. The van der Waals surface area contributed by atoms with Crippen LogP contribution in [0.5, 0.6) is 5.75 Å². The molecule has 0 saturated heterocycles. The molecule has 0 bridgehead atoms. The third-order valence-electron chi connectivity index (χ3n) is 3.74. The van der Waals surface area contributed by atoms with E-state index in [1.807, 2.05) is 0 Å². The van der Waals surface area contributed by atoms with Crippen LogP contribution in [-0.2, 0) is 9.53 Å². The first-order valence-corrected chi connectivity index (χ1v) is 8.80. The molecule has 2 rings (SSSR count). The molecule has 0 fully saturated rings. The summed E-state index contributed by atoms with van der Waals surface area (Å²) >= 11 is 0. The van der Waals surface area contributed by atoms with Gasteiger partial charge in [-0.25, -0.2) is 4.79 Å². The van der Waals surface area contributed by atoms with E-state index in [1.165, 1.54) is 6.92 Å². The zero-order valence-electron chi connectivity index (χ0n) is 15.5. The summed E-state index contributed by atoms with van der Waals surface area (Å²) in [5.41, 5.74) is 1.30. The Labute approximate surface area is 158 Å². The van der Waals surface area contributed by atoms with Crippen molar-refractivity contribution >= 4 is 23.3 Å². The van der Waals surface area contributed by atoms with Crippen LogP contribution < -0.4 is 10.1 Å². The number of esters is 1. The Hall–Kier alpha value is -3.15. The molecule has 0 spiro atoms. The largest absolute Gasteiger partial charge is 0.494 e. The predicted molar refractivity (Wildman–Crippen MR) is 102 cm³/mol. The number of ketones is 1. The number of benzene rings is 2. The fourth-order valence-electron chi connectivity index (χ4n) is 2.25. The van der Waals surface area contributed by atoms with Gasteiger partial charge in [0.2, 0.25) is 0 Å². The van der Waals surface area contributed by atoms with Gasteiger partial charge in [0.25, 0.3) is 5.91 Å². The second-order valence-electron chi connectivity index (χ2n) is 5.99. The molecule has 0 atom stereocenters. The van der Waals surface area contributed by atoms with Crippen molar-refractivity contribution in [1.29, 1.82) is 0 Å². The van der Waals surface area contributed by atoms with Crippen molar-refractivity contribution in [3.8, 4) is 5.75 Å². The van der Waals surface area contributed by atoms with E-state index in [0.717, 1.165) is 12.8 Å². The van der Waals surface area contributed by atoms with Gasteiger partial charge in [-0.1, -0.05) is 25.5 Å². The minimum atomic E-state index is -0.595. The third kappa shape index (κ3) is 6.58. The first-order valence-electron chi connectivity index (χ1n) is 8.80. The van der Waals surface area contributed by atoms with Gasteiger partial charge in [-0.2, -0.15) is 0 Å². The van der Waals surface area contributed by atoms with Gasteiger partial charge in [0.15, 0.2) is 12.4 Å². The topological polar surface area (TPSA) is 81.7 Å². The number of unbranched alkanes of at least 4 members (excludes halogenated alkanes) is 1. The van der Waals surface area contributed by atoms with Crippen molar-refractivity contribution in [2.24, 2.45) is 0 Å². The van der Waals surface area contributed by atoms with Crippen LogP contribution in [0, 0.1) is 0 Å². The molecule has 0 unspecified atom stereocenters. The minimum Gasteiger partial charge on any atom is -0.494 e. The lowest BCUT2D eigenvalue weighted by molar-refractivity contribution is -0.119. The van der Waals surface area contributed by atoms with Gasteiger partial charge in [0, 0.05) is 11.3 Å². The van der Waals surface area contributed by atoms with Gasteiger partial charge < -0.3 is 14.8 Å². The number of hydrogen-bond acceptors (Lipinski definition) is 5. The average Bonchev–Trinajstić information content (AvgIpc) is 2.67. The molecule has 2 aromatic carbocycles. The number of carbonyl (C=O) groups excluding carboxylic acids is 3. The SMILES string of the molecule is CCCCOc1ccc(C(=O)OCC(=O)Nc2cccc(C(C)=O)c2)cc1. The van der Waals surface area contributed by atoms with Crippen LogP contribution in [0.25, 0.3) is 0 Å². The van der Waals surface area contributed by atoms with Gasteiger partial charge in [0.05, 0.1) is 12.2 Å². The normalized spacial score (nSPS) is 10.1. The molecule has 0 aliphatic heterocycles. The molecule has 142 valence electrons. The van der Waals surface area contributed by atoms with Crippen LogP contribution in [0.3, 0.4) is 0 Å². The zero-order chi connectivity index (χ0) is 19.6. The van der Waals surface area contributed by atoms with Crippen molar-refractivity contribution in [3.63, 3.8) is 0 Å². The quantitative estimate of drug-likeness (QED) is 0.412. The number of anilines is 1. The molecule has 2 aromatic rings. The second kappa shape index (κ2) is 10.1. The Balaban J connectivity index is 1.83. The van der Waals surface area contributed by atoms with E-state index in [0.29, 0.717) is 29.2 Å². The maximum Gasteiger partial charge on any atom is 0.338 e. The summed E-state index contributed by atoms with van der Waals surface area (Å²) in [6, 6.07) is 13.1. The Morgan fingerprint density at radius 1 is 1.00 bits per heavy atom. The highest BCUT2D eigenvalue weighted by atomic mass is 16.5. The fourth-order valence-corrected chi connectivity index (χ4v) is 2.25. The van der Waals surface area contributed by atoms with E-state index in [9.17, 15) is 14.4 Å². The molecule has 1 amide bonds. The second-order valence-corrected chi connectivity index (χ2v) is 5.99. The summed E-state index contributed by atoms with van der Waals surface area (Å²) in [5.74, 6) is -0.492. The van der Waals surface area contributed by atoms with Crippen LogP contribution >= 0.6 is 0 Å². The Morgan fingerprint density at radius 3 is 2.41 bits per heavy atom. The molecule has 6 nitrogen and oxygen atoms in total. The molecular formula is C21H23NO5. The molecule has 0 aromatic heterocycles. The maximum atomic E-state index is 12.0. The van der Waals surface area contributed by atoms with E-state index >= 15 is 0 Å². The number of amides is 1. The van der Waals surface area contributed by atoms with Crippen molar-refractivity contribution in [1.82, 2.24) is 0 Å². The van der Waals surface area contributed by atoms with E-state index in [4.69, 9.17) is 9.47 Å². The van der Waals surface area contributed by atoms with Crippen molar-refractivity contribution in [2.45, 2.75) is 26.7 Å². The first kappa shape index (κ1) is 20.2. The monoisotopic (exact) mass is 369 g/mol. The van der Waals surface area contributed by atoms with Crippen molar-refractivity contribution in [3.05, 3.63) is 59.7 Å². The number of carbonyl (C=O) groups is 3. The number of Topliss-reactive ketones (excluding diaryl/α,β-unsaturated/α-hetero) is 1. The number of hydrogen-bond donors (Lipinski definition) is 1. The van der Waals surface area contributed by atoms with Gasteiger partial charge in [-0.3, -0.25) is 9.59 Å². The molecule has 0 radical (unpaired) electrons. The van der Waals surface area contributed by atoms with Crippen LogP contribution in [0.4, 0.5) is 5.69 Å². The Morgan fingerprint density at radius 2 is 1.74 bits per heavy atom. The first-order chi connectivity index (χ1) is 13.0. The summed E-state index contributed by atoms with van der Waals surface area (Å²) in [7, 11) is 0. The fraction of sp³-hybridized carbons (Fsp3) is 0.286. The summed E-state index contributed by atoms with van der Waals surface area (Å²) in [4.78, 5) is 35.3. The van der Waals surface area contributed by atoms with Gasteiger partial charge in [-0.05, 0) is 49.7 Å². The summed E-state index contributed by atoms with van der Waals surface area (Å²) in [6.07, 6.45) is 2.01. The Kier molecular flexibility index (Phi) is 7.55. The third-order valence-corrected chi connectivity index (χ3v) is 3.74. The smallest absolute Gasteiger partial charge is 0.338 e. The summed E-state index contributed by atoms with van der Waals surface area (Å²) in [6.45, 7) is 3.74. The standard InChI is InChI=1S/C21H23NO5/c1-3-4-12-26-19-10-8-16(9-11-19)21(25)27-14-20(24)22-18-7-5-6-17(13-18)15(2)23/h5-11,13H,3-4,12,14H2,1-2H3,(H,22,24). The average molecular weight is 369 g/mol. The highest BCUT2D eigenvalue weighted by Crippen LogP contribution is 2.14. The van der Waals surface area contributed by atoms with E-state index in [-0.39, 0.29) is 5.78 Å².